The molecule has 1 aliphatic heterocycles. The van der Waals surface area contributed by atoms with E-state index in [1.54, 1.807) is 12.1 Å². The van der Waals surface area contributed by atoms with Gasteiger partial charge in [0.25, 0.3) is 0 Å². The second kappa shape index (κ2) is 5.81. The van der Waals surface area contributed by atoms with Crippen molar-refractivity contribution < 1.29 is 23.8 Å². The van der Waals surface area contributed by atoms with E-state index in [0.29, 0.717) is 17.2 Å². The molecule has 6 heteroatoms. The van der Waals surface area contributed by atoms with Crippen LogP contribution in [0.5, 0.6) is 17.2 Å². The Morgan fingerprint density at radius 2 is 1.45 bits per heavy atom. The van der Waals surface area contributed by atoms with E-state index in [4.69, 9.17) is 14.2 Å². The second-order valence-electron chi connectivity index (χ2n) is 4.54. The molecule has 0 aromatic heterocycles. The summed E-state index contributed by atoms with van der Waals surface area (Å²) in [5.74, 6) is 0.816. The maximum atomic E-state index is 11.5. The average Bonchev–Trinajstić information content (AvgIpc) is 2.44. The van der Waals surface area contributed by atoms with Gasteiger partial charge in [-0.1, -0.05) is 0 Å². The van der Waals surface area contributed by atoms with Crippen molar-refractivity contribution in [3.05, 3.63) is 17.7 Å². The van der Waals surface area contributed by atoms with Crippen LogP contribution >= 0.6 is 0 Å². The number of rotatable bonds is 4. The largest absolute Gasteiger partial charge is 0.493 e. The second-order valence-corrected chi connectivity index (χ2v) is 4.54. The molecule has 1 N–H and O–H groups in total. The molecule has 2 amide bonds. The number of benzene rings is 1. The van der Waals surface area contributed by atoms with Crippen LogP contribution in [-0.4, -0.2) is 33.1 Å². The zero-order valence-electron chi connectivity index (χ0n) is 11.7. The predicted octanol–water partition coefficient (Wildman–Crippen LogP) is 1.23. The quantitative estimate of drug-likeness (QED) is 0.839. The number of methoxy groups -OCH3 is 3. The fraction of sp³-hybridized carbons (Fsp3) is 0.429. The number of ether oxygens (including phenoxy) is 3. The van der Waals surface area contributed by atoms with Crippen LogP contribution in [0.15, 0.2) is 12.1 Å². The van der Waals surface area contributed by atoms with Crippen LogP contribution in [0, 0.1) is 0 Å². The highest BCUT2D eigenvalue weighted by Gasteiger charge is 2.28. The van der Waals surface area contributed by atoms with E-state index in [0.717, 1.165) is 5.56 Å². The van der Waals surface area contributed by atoms with E-state index in [9.17, 15) is 9.59 Å². The lowest BCUT2D eigenvalue weighted by atomic mass is 9.89. The number of hydrogen-bond acceptors (Lipinski definition) is 5. The SMILES string of the molecule is COc1cc(C2CC(=O)NC(=O)C2)cc(OC)c1OC. The topological polar surface area (TPSA) is 73.9 Å². The van der Waals surface area contributed by atoms with Crippen molar-refractivity contribution >= 4 is 11.8 Å². The lowest BCUT2D eigenvalue weighted by molar-refractivity contribution is -0.133. The molecule has 1 heterocycles. The zero-order chi connectivity index (χ0) is 14.7. The van der Waals surface area contributed by atoms with E-state index in [1.165, 1.54) is 21.3 Å². The summed E-state index contributed by atoms with van der Waals surface area (Å²) in [7, 11) is 4.58. The molecular formula is C14H17NO5. The molecule has 0 aliphatic carbocycles. The standard InChI is InChI=1S/C14H17NO5/c1-18-10-4-8(5-11(19-2)14(10)20-3)9-6-12(16)15-13(17)7-9/h4-5,9H,6-7H2,1-3H3,(H,15,16,17). The van der Waals surface area contributed by atoms with Gasteiger partial charge < -0.3 is 14.2 Å². The summed E-state index contributed by atoms with van der Waals surface area (Å²) in [4.78, 5) is 22.9. The summed E-state index contributed by atoms with van der Waals surface area (Å²) in [6.07, 6.45) is 0.536. The summed E-state index contributed by atoms with van der Waals surface area (Å²) in [5.41, 5.74) is 0.822. The van der Waals surface area contributed by atoms with E-state index < -0.39 is 0 Å². The Morgan fingerprint density at radius 1 is 0.950 bits per heavy atom. The average molecular weight is 279 g/mol. The number of amides is 2. The minimum atomic E-state index is -0.264. The fourth-order valence-electron chi connectivity index (χ4n) is 2.35. The van der Waals surface area contributed by atoms with Gasteiger partial charge in [0.15, 0.2) is 11.5 Å². The smallest absolute Gasteiger partial charge is 0.227 e. The number of piperidine rings is 1. The maximum absolute atomic E-state index is 11.5. The zero-order valence-corrected chi connectivity index (χ0v) is 11.7. The predicted molar refractivity (Wildman–Crippen MR) is 71.2 cm³/mol. The molecule has 108 valence electrons. The Labute approximate surface area is 117 Å². The molecule has 1 aromatic rings. The van der Waals surface area contributed by atoms with E-state index in [-0.39, 0.29) is 30.6 Å². The first-order valence-corrected chi connectivity index (χ1v) is 6.21. The van der Waals surface area contributed by atoms with Crippen LogP contribution in [-0.2, 0) is 9.59 Å². The molecule has 0 spiro atoms. The molecule has 0 unspecified atom stereocenters. The van der Waals surface area contributed by atoms with Crippen molar-refractivity contribution in [2.75, 3.05) is 21.3 Å². The summed E-state index contributed by atoms with van der Waals surface area (Å²) in [5, 5.41) is 2.29. The van der Waals surface area contributed by atoms with E-state index >= 15 is 0 Å². The first-order valence-electron chi connectivity index (χ1n) is 6.21. The number of nitrogens with one attached hydrogen (secondary N) is 1. The van der Waals surface area contributed by atoms with Crippen LogP contribution in [0.1, 0.15) is 24.3 Å². The summed E-state index contributed by atoms with van der Waals surface area (Å²) in [6, 6.07) is 3.55. The third kappa shape index (κ3) is 2.68. The van der Waals surface area contributed by atoms with Crippen LogP contribution in [0.3, 0.4) is 0 Å². The molecular weight excluding hydrogens is 262 g/mol. The van der Waals surface area contributed by atoms with Crippen molar-refractivity contribution in [2.24, 2.45) is 0 Å². The number of carbonyl (C=O) groups is 2. The minimum Gasteiger partial charge on any atom is -0.493 e. The highest BCUT2D eigenvalue weighted by atomic mass is 16.5. The van der Waals surface area contributed by atoms with Gasteiger partial charge in [0.2, 0.25) is 17.6 Å². The molecule has 1 saturated heterocycles. The third-order valence-corrected chi connectivity index (χ3v) is 3.30. The lowest BCUT2D eigenvalue weighted by Gasteiger charge is -2.23. The maximum Gasteiger partial charge on any atom is 0.227 e. The first kappa shape index (κ1) is 14.2. The summed E-state index contributed by atoms with van der Waals surface area (Å²) in [6.45, 7) is 0. The number of carbonyl (C=O) groups excluding carboxylic acids is 2. The van der Waals surface area contributed by atoms with Gasteiger partial charge in [-0.3, -0.25) is 14.9 Å². The van der Waals surface area contributed by atoms with Gasteiger partial charge in [0.05, 0.1) is 21.3 Å². The lowest BCUT2D eigenvalue weighted by Crippen LogP contribution is -2.37. The Bertz CT molecular complexity index is 499. The Balaban J connectivity index is 2.41. The molecule has 0 bridgehead atoms. The number of hydrogen-bond donors (Lipinski definition) is 1. The Morgan fingerprint density at radius 3 is 1.85 bits per heavy atom. The highest BCUT2D eigenvalue weighted by molar-refractivity contribution is 5.98. The van der Waals surface area contributed by atoms with Gasteiger partial charge in [-0.05, 0) is 17.7 Å². The molecule has 0 radical (unpaired) electrons. The minimum absolute atomic E-state index is 0.176. The molecule has 1 fully saturated rings. The van der Waals surface area contributed by atoms with Crippen LogP contribution in [0.4, 0.5) is 0 Å². The molecule has 6 nitrogen and oxygen atoms in total. The van der Waals surface area contributed by atoms with Crippen molar-refractivity contribution in [3.8, 4) is 17.2 Å². The van der Waals surface area contributed by atoms with Gasteiger partial charge in [-0.25, -0.2) is 0 Å². The molecule has 1 aliphatic rings. The van der Waals surface area contributed by atoms with E-state index in [2.05, 4.69) is 5.32 Å². The van der Waals surface area contributed by atoms with Gasteiger partial charge in [-0.15, -0.1) is 0 Å². The molecule has 20 heavy (non-hydrogen) atoms. The summed E-state index contributed by atoms with van der Waals surface area (Å²) >= 11 is 0. The highest BCUT2D eigenvalue weighted by Crippen LogP contribution is 2.41. The fourth-order valence-corrected chi connectivity index (χ4v) is 2.35. The van der Waals surface area contributed by atoms with Gasteiger partial charge in [0, 0.05) is 18.8 Å². The summed E-state index contributed by atoms with van der Waals surface area (Å²) < 4.78 is 15.8. The van der Waals surface area contributed by atoms with Crippen molar-refractivity contribution in [3.63, 3.8) is 0 Å². The normalized spacial score (nSPS) is 15.8. The third-order valence-electron chi connectivity index (χ3n) is 3.30. The molecule has 1 aromatic carbocycles. The van der Waals surface area contributed by atoms with Crippen molar-refractivity contribution in [1.82, 2.24) is 5.32 Å². The van der Waals surface area contributed by atoms with Crippen LogP contribution in [0.2, 0.25) is 0 Å². The van der Waals surface area contributed by atoms with Crippen molar-refractivity contribution in [2.45, 2.75) is 18.8 Å². The van der Waals surface area contributed by atoms with Crippen LogP contribution in [0.25, 0.3) is 0 Å². The molecule has 0 atom stereocenters. The van der Waals surface area contributed by atoms with Crippen molar-refractivity contribution in [1.29, 1.82) is 0 Å². The van der Waals surface area contributed by atoms with Gasteiger partial charge in [0.1, 0.15) is 0 Å². The number of imide groups is 1. The van der Waals surface area contributed by atoms with Crippen LogP contribution < -0.4 is 19.5 Å². The molecule has 2 rings (SSSR count). The Hall–Kier alpha value is -2.24. The first-order chi connectivity index (χ1) is 9.58. The van der Waals surface area contributed by atoms with Gasteiger partial charge in [-0.2, -0.15) is 0 Å². The van der Waals surface area contributed by atoms with E-state index in [1.807, 2.05) is 0 Å². The molecule has 0 saturated carbocycles. The Kier molecular flexibility index (Phi) is 4.12. The monoisotopic (exact) mass is 279 g/mol. The van der Waals surface area contributed by atoms with Gasteiger partial charge >= 0.3 is 0 Å².